The number of nitrogens with zero attached hydrogens (tertiary/aromatic N) is 2. The summed E-state index contributed by atoms with van der Waals surface area (Å²) in [5.74, 6) is 0. The molecule has 0 saturated heterocycles. The maximum atomic E-state index is 4.58. The van der Waals surface area contributed by atoms with Crippen LogP contribution in [0.2, 0.25) is 0 Å². The molecule has 0 radical (unpaired) electrons. The fourth-order valence-electron chi connectivity index (χ4n) is 2.49. The van der Waals surface area contributed by atoms with Crippen molar-refractivity contribution in [2.45, 2.75) is 13.8 Å². The Morgan fingerprint density at radius 1 is 0.778 bits per heavy atom. The van der Waals surface area contributed by atoms with Gasteiger partial charge in [0.15, 0.2) is 0 Å². The van der Waals surface area contributed by atoms with Crippen LogP contribution in [0, 0.1) is 13.8 Å². The summed E-state index contributed by atoms with van der Waals surface area (Å²) in [4.78, 5) is 9.16. The molecule has 1 aromatic carbocycles. The fraction of sp³-hybridized carbons (Fsp3) is 0.143. The molecular weight excluding hydrogens is 218 g/mol. The van der Waals surface area contributed by atoms with E-state index in [1.165, 1.54) is 32.8 Å². The van der Waals surface area contributed by atoms with E-state index in [1.807, 2.05) is 12.4 Å². The summed E-state index contributed by atoms with van der Waals surface area (Å²) in [6.07, 6.45) is 3.83. The molecule has 0 aliphatic carbocycles. The summed E-state index contributed by atoms with van der Waals surface area (Å²) in [6, 6.07) is 4.40. The van der Waals surface area contributed by atoms with E-state index in [4.69, 9.17) is 0 Å². The predicted octanol–water partition coefficient (Wildman–Crippen LogP) is -0.0834. The third kappa shape index (κ3) is 1.52. The van der Waals surface area contributed by atoms with Crippen LogP contribution >= 0.6 is 0 Å². The number of fused-ring (bicyclic) bond motifs is 3. The van der Waals surface area contributed by atoms with Gasteiger partial charge in [0.25, 0.3) is 0 Å². The van der Waals surface area contributed by atoms with Gasteiger partial charge in [-0.2, -0.15) is 0 Å². The second kappa shape index (κ2) is 3.84. The van der Waals surface area contributed by atoms with Gasteiger partial charge in [-0.25, -0.2) is 0 Å². The number of aryl methyl sites for hydroxylation is 2. The highest BCUT2D eigenvalue weighted by atomic mass is 14.7. The lowest BCUT2D eigenvalue weighted by Gasteiger charge is -2.11. The van der Waals surface area contributed by atoms with E-state index in [0.29, 0.717) is 0 Å². The molecule has 0 aliphatic rings. The summed E-state index contributed by atoms with van der Waals surface area (Å²) in [6.45, 7) is 4.33. The van der Waals surface area contributed by atoms with Crippen molar-refractivity contribution >= 4 is 48.4 Å². The minimum atomic E-state index is 1.01. The molecule has 0 unspecified atom stereocenters. The Hall–Kier alpha value is -1.83. The molecule has 0 spiro atoms. The van der Waals surface area contributed by atoms with Crippen LogP contribution < -0.4 is 10.9 Å². The molecule has 0 atom stereocenters. The van der Waals surface area contributed by atoms with Crippen molar-refractivity contribution in [3.63, 3.8) is 0 Å². The van der Waals surface area contributed by atoms with Crippen LogP contribution in [0.4, 0.5) is 0 Å². The molecule has 2 aromatic heterocycles. The number of pyridine rings is 2. The molecule has 0 aliphatic heterocycles. The Labute approximate surface area is 108 Å². The first-order chi connectivity index (χ1) is 8.58. The molecule has 0 saturated carbocycles. The van der Waals surface area contributed by atoms with E-state index in [1.54, 1.807) is 0 Å². The molecule has 18 heavy (non-hydrogen) atoms. The maximum Gasteiger partial charge on any atom is 0.141 e. The predicted molar refractivity (Wildman–Crippen MR) is 82.9 cm³/mol. The van der Waals surface area contributed by atoms with Gasteiger partial charge < -0.3 is 0 Å². The lowest BCUT2D eigenvalue weighted by molar-refractivity contribution is 1.34. The largest absolute Gasteiger partial charge is 0.255 e. The lowest BCUT2D eigenvalue weighted by Crippen LogP contribution is -2.07. The lowest BCUT2D eigenvalue weighted by atomic mass is 9.90. The topological polar surface area (TPSA) is 25.8 Å². The third-order valence-electron chi connectivity index (χ3n) is 3.64. The number of hydrogen-bond donors (Lipinski definition) is 0. The fourth-order valence-corrected chi connectivity index (χ4v) is 2.49. The van der Waals surface area contributed by atoms with Crippen molar-refractivity contribution in [2.24, 2.45) is 0 Å². The van der Waals surface area contributed by atoms with E-state index in [9.17, 15) is 0 Å². The second-order valence-electron chi connectivity index (χ2n) is 5.07. The minimum Gasteiger partial charge on any atom is -0.255 e. The zero-order valence-corrected chi connectivity index (χ0v) is 11.2. The van der Waals surface area contributed by atoms with E-state index < -0.39 is 0 Å². The summed E-state index contributed by atoms with van der Waals surface area (Å²) in [5, 5.41) is 2.44. The monoisotopic (exact) mass is 232 g/mol. The van der Waals surface area contributed by atoms with E-state index in [2.05, 4.69) is 51.6 Å². The van der Waals surface area contributed by atoms with Gasteiger partial charge in [0.05, 0.1) is 11.0 Å². The van der Waals surface area contributed by atoms with Crippen LogP contribution in [0.1, 0.15) is 11.1 Å². The van der Waals surface area contributed by atoms with Gasteiger partial charge in [-0.1, -0.05) is 23.1 Å². The Morgan fingerprint density at radius 3 is 1.56 bits per heavy atom. The molecule has 86 valence electrons. The van der Waals surface area contributed by atoms with Crippen LogP contribution in [0.15, 0.2) is 24.5 Å². The van der Waals surface area contributed by atoms with Crippen LogP contribution in [0.25, 0.3) is 21.8 Å². The number of benzene rings is 1. The highest BCUT2D eigenvalue weighted by Gasteiger charge is 2.10. The quantitative estimate of drug-likeness (QED) is 0.400. The van der Waals surface area contributed by atoms with Crippen molar-refractivity contribution in [1.29, 1.82) is 0 Å². The van der Waals surface area contributed by atoms with Gasteiger partial charge in [-0.15, -0.1) is 0 Å². The Bertz CT molecular complexity index is 715. The zero-order valence-electron chi connectivity index (χ0n) is 11.2. The number of rotatable bonds is 0. The summed E-state index contributed by atoms with van der Waals surface area (Å²) in [7, 11) is 4.15. The summed E-state index contributed by atoms with van der Waals surface area (Å²) >= 11 is 0. The zero-order chi connectivity index (χ0) is 12.9. The van der Waals surface area contributed by atoms with Gasteiger partial charge >= 0.3 is 0 Å². The summed E-state index contributed by atoms with van der Waals surface area (Å²) < 4.78 is 0. The smallest absolute Gasteiger partial charge is 0.141 e. The molecule has 3 aromatic rings. The van der Waals surface area contributed by atoms with Gasteiger partial charge in [-0.3, -0.25) is 9.97 Å². The van der Waals surface area contributed by atoms with Crippen molar-refractivity contribution in [2.75, 3.05) is 0 Å². The van der Waals surface area contributed by atoms with Gasteiger partial charge in [0.2, 0.25) is 0 Å². The first-order valence-electron chi connectivity index (χ1n) is 6.20. The molecule has 2 heterocycles. The van der Waals surface area contributed by atoms with Crippen molar-refractivity contribution in [1.82, 2.24) is 9.97 Å². The maximum absolute atomic E-state index is 4.58. The normalized spacial score (nSPS) is 11.2. The first kappa shape index (κ1) is 11.3. The first-order valence-corrected chi connectivity index (χ1v) is 6.20. The van der Waals surface area contributed by atoms with Crippen LogP contribution in [0.5, 0.6) is 0 Å². The van der Waals surface area contributed by atoms with Crippen LogP contribution in [0.3, 0.4) is 0 Å². The van der Waals surface area contributed by atoms with Gasteiger partial charge in [0, 0.05) is 23.2 Å². The molecule has 2 nitrogen and oxygen atoms in total. The molecule has 0 fully saturated rings. The standard InChI is InChI=1S/C14H14B2N2/c1-7-8(2)12-4-10(16)6-18-14(12)13-11(7)3-9(15)5-17-13/h3-6H,15-16H2,1-2H3. The Balaban J connectivity index is 2.62. The average Bonchev–Trinajstić information content (AvgIpc) is 2.36. The Kier molecular flexibility index (Phi) is 2.40. The van der Waals surface area contributed by atoms with Gasteiger partial charge in [-0.05, 0) is 25.0 Å². The van der Waals surface area contributed by atoms with Gasteiger partial charge in [0.1, 0.15) is 15.7 Å². The molecule has 0 bridgehead atoms. The van der Waals surface area contributed by atoms with Crippen molar-refractivity contribution in [3.8, 4) is 0 Å². The second-order valence-corrected chi connectivity index (χ2v) is 5.07. The highest BCUT2D eigenvalue weighted by Crippen LogP contribution is 2.28. The van der Waals surface area contributed by atoms with Crippen molar-refractivity contribution < 1.29 is 0 Å². The van der Waals surface area contributed by atoms with Crippen LogP contribution in [-0.4, -0.2) is 25.7 Å². The van der Waals surface area contributed by atoms with Crippen molar-refractivity contribution in [3.05, 3.63) is 35.7 Å². The van der Waals surface area contributed by atoms with E-state index in [0.717, 1.165) is 11.0 Å². The SMILES string of the molecule is Bc1cnc2c(c1)c(C)c(C)c1cc(B)cnc12. The summed E-state index contributed by atoms with van der Waals surface area (Å²) in [5.41, 5.74) is 7.02. The number of aromatic nitrogens is 2. The molecule has 4 heteroatoms. The van der Waals surface area contributed by atoms with E-state index >= 15 is 0 Å². The third-order valence-corrected chi connectivity index (χ3v) is 3.64. The average molecular weight is 232 g/mol. The Morgan fingerprint density at radius 2 is 1.17 bits per heavy atom. The highest BCUT2D eigenvalue weighted by molar-refractivity contribution is 6.34. The molecule has 3 rings (SSSR count). The van der Waals surface area contributed by atoms with E-state index in [-0.39, 0.29) is 0 Å². The van der Waals surface area contributed by atoms with Crippen LogP contribution in [-0.2, 0) is 0 Å². The molecular formula is C14H14B2N2. The molecule has 0 amide bonds. The molecule has 0 N–H and O–H groups in total. The number of hydrogen-bond acceptors (Lipinski definition) is 2. The minimum absolute atomic E-state index is 1.01.